The Bertz CT molecular complexity index is 150. The van der Waals surface area contributed by atoms with Crippen molar-refractivity contribution in [1.82, 2.24) is 0 Å². The lowest BCUT2D eigenvalue weighted by molar-refractivity contribution is -0.258. The molecule has 1 aliphatic rings. The maximum atomic E-state index is 9.24. The lowest BCUT2D eigenvalue weighted by Crippen LogP contribution is -2.62. The van der Waals surface area contributed by atoms with Crippen molar-refractivity contribution in [2.24, 2.45) is 5.73 Å². The van der Waals surface area contributed by atoms with Crippen LogP contribution in [0.2, 0.25) is 0 Å². The van der Waals surface area contributed by atoms with Gasteiger partial charge in [0, 0.05) is 0 Å². The summed E-state index contributed by atoms with van der Waals surface area (Å²) in [5.74, 6) is 0. The van der Waals surface area contributed by atoms with Crippen molar-refractivity contribution < 1.29 is 25.2 Å². The lowest BCUT2D eigenvalue weighted by atomic mass is 9.97. The molecule has 6 nitrogen and oxygen atoms in total. The van der Waals surface area contributed by atoms with Gasteiger partial charge in [0.1, 0.15) is 18.3 Å². The molecule has 0 aromatic heterocycles. The molecular formula is C6H13NO5. The third-order valence-corrected chi connectivity index (χ3v) is 1.96. The summed E-state index contributed by atoms with van der Waals surface area (Å²) in [6, 6.07) is -0.995. The van der Waals surface area contributed by atoms with E-state index in [1.54, 1.807) is 0 Å². The van der Waals surface area contributed by atoms with Crippen LogP contribution in [-0.4, -0.2) is 57.7 Å². The lowest BCUT2D eigenvalue weighted by Gasteiger charge is -2.38. The SMILES string of the molecule is N[C@@H]1[C@H](O)[C@H](O)O[C@H](CO)[C@H]1O. The van der Waals surface area contributed by atoms with Gasteiger partial charge in [0.2, 0.25) is 0 Å². The summed E-state index contributed by atoms with van der Waals surface area (Å²) in [4.78, 5) is 0. The smallest absolute Gasteiger partial charge is 0.183 e. The van der Waals surface area contributed by atoms with Crippen LogP contribution in [0.25, 0.3) is 0 Å². The first-order valence-corrected chi connectivity index (χ1v) is 3.64. The third-order valence-electron chi connectivity index (χ3n) is 1.96. The Morgan fingerprint density at radius 2 is 1.75 bits per heavy atom. The molecule has 0 saturated carbocycles. The molecule has 0 aromatic carbocycles. The van der Waals surface area contributed by atoms with E-state index in [9.17, 15) is 5.11 Å². The highest BCUT2D eigenvalue weighted by atomic mass is 16.6. The zero-order valence-corrected chi connectivity index (χ0v) is 6.37. The normalized spacial score (nSPS) is 49.2. The Morgan fingerprint density at radius 3 is 2.25 bits per heavy atom. The number of hydrogen-bond acceptors (Lipinski definition) is 6. The van der Waals surface area contributed by atoms with Crippen LogP contribution in [0, 0.1) is 0 Å². The van der Waals surface area contributed by atoms with E-state index in [4.69, 9.17) is 21.1 Å². The molecule has 1 fully saturated rings. The molecule has 1 saturated heterocycles. The van der Waals surface area contributed by atoms with Crippen molar-refractivity contribution in [3.63, 3.8) is 0 Å². The van der Waals surface area contributed by atoms with Crippen molar-refractivity contribution in [2.75, 3.05) is 6.61 Å². The van der Waals surface area contributed by atoms with Gasteiger partial charge < -0.3 is 30.9 Å². The van der Waals surface area contributed by atoms with E-state index in [0.29, 0.717) is 0 Å². The van der Waals surface area contributed by atoms with E-state index in [2.05, 4.69) is 4.74 Å². The second-order valence-electron chi connectivity index (χ2n) is 2.81. The van der Waals surface area contributed by atoms with Crippen molar-refractivity contribution in [2.45, 2.75) is 30.6 Å². The zero-order chi connectivity index (χ0) is 9.30. The minimum Gasteiger partial charge on any atom is -0.394 e. The van der Waals surface area contributed by atoms with E-state index in [1.807, 2.05) is 0 Å². The van der Waals surface area contributed by atoms with Gasteiger partial charge in [-0.05, 0) is 0 Å². The highest BCUT2D eigenvalue weighted by molar-refractivity contribution is 4.90. The molecule has 1 aliphatic heterocycles. The molecule has 0 bridgehead atoms. The first-order chi connectivity index (χ1) is 5.57. The number of aliphatic hydroxyl groups is 4. The average molecular weight is 179 g/mol. The second-order valence-corrected chi connectivity index (χ2v) is 2.81. The van der Waals surface area contributed by atoms with E-state index in [-0.39, 0.29) is 0 Å². The number of hydrogen-bond donors (Lipinski definition) is 5. The quantitative estimate of drug-likeness (QED) is 0.288. The van der Waals surface area contributed by atoms with E-state index in [0.717, 1.165) is 0 Å². The van der Waals surface area contributed by atoms with Crippen LogP contribution in [0.1, 0.15) is 0 Å². The fourth-order valence-electron chi connectivity index (χ4n) is 1.13. The number of ether oxygens (including phenoxy) is 1. The van der Waals surface area contributed by atoms with Crippen molar-refractivity contribution in [3.8, 4) is 0 Å². The summed E-state index contributed by atoms with van der Waals surface area (Å²) in [6.45, 7) is -0.446. The van der Waals surface area contributed by atoms with Gasteiger partial charge in [-0.1, -0.05) is 0 Å². The monoisotopic (exact) mass is 179 g/mol. The van der Waals surface area contributed by atoms with Gasteiger partial charge in [-0.15, -0.1) is 0 Å². The maximum Gasteiger partial charge on any atom is 0.183 e. The molecule has 0 spiro atoms. The summed E-state index contributed by atoms with van der Waals surface area (Å²) >= 11 is 0. The molecule has 72 valence electrons. The number of aliphatic hydroxyl groups excluding tert-OH is 4. The molecule has 0 aromatic rings. The average Bonchev–Trinajstić information content (AvgIpc) is 2.08. The van der Waals surface area contributed by atoms with Crippen LogP contribution >= 0.6 is 0 Å². The Kier molecular flexibility index (Phi) is 2.99. The van der Waals surface area contributed by atoms with E-state index < -0.39 is 37.3 Å². The number of rotatable bonds is 1. The first-order valence-electron chi connectivity index (χ1n) is 3.64. The number of nitrogens with two attached hydrogens (primary N) is 1. The van der Waals surface area contributed by atoms with Crippen LogP contribution in [-0.2, 0) is 4.74 Å². The minimum atomic E-state index is -1.44. The molecule has 0 aliphatic carbocycles. The van der Waals surface area contributed by atoms with Gasteiger partial charge in [-0.3, -0.25) is 0 Å². The van der Waals surface area contributed by atoms with E-state index >= 15 is 0 Å². The maximum absolute atomic E-state index is 9.24. The summed E-state index contributed by atoms with van der Waals surface area (Å²) in [5.41, 5.74) is 5.33. The standard InChI is InChI=1S/C6H13NO5/c7-3-4(9)2(1-8)12-6(11)5(3)10/h2-6,8-11H,1,7H2/t2-,3+,4-,5+,6-/m1/s1. The Labute approximate surface area is 69.2 Å². The Balaban J connectivity index is 2.63. The third kappa shape index (κ3) is 1.58. The van der Waals surface area contributed by atoms with Gasteiger partial charge >= 0.3 is 0 Å². The van der Waals surface area contributed by atoms with E-state index in [1.165, 1.54) is 0 Å². The van der Waals surface area contributed by atoms with Crippen LogP contribution in [0.5, 0.6) is 0 Å². The molecule has 1 rings (SSSR count). The summed E-state index contributed by atoms with van der Waals surface area (Å²) < 4.78 is 4.66. The van der Waals surface area contributed by atoms with Gasteiger partial charge in [-0.2, -0.15) is 0 Å². The molecular weight excluding hydrogens is 166 g/mol. The van der Waals surface area contributed by atoms with Crippen molar-refractivity contribution in [3.05, 3.63) is 0 Å². The molecule has 5 atom stereocenters. The summed E-state index contributed by atoms with van der Waals surface area (Å²) in [7, 11) is 0. The predicted octanol–water partition coefficient (Wildman–Crippen LogP) is -3.26. The molecule has 0 radical (unpaired) electrons. The molecule has 0 unspecified atom stereocenters. The van der Waals surface area contributed by atoms with Crippen LogP contribution in [0.4, 0.5) is 0 Å². The Hall–Kier alpha value is -0.240. The van der Waals surface area contributed by atoms with Gasteiger partial charge in [-0.25, -0.2) is 0 Å². The fourth-order valence-corrected chi connectivity index (χ4v) is 1.13. The van der Waals surface area contributed by atoms with Crippen LogP contribution in [0.15, 0.2) is 0 Å². The van der Waals surface area contributed by atoms with Gasteiger partial charge in [0.05, 0.1) is 12.6 Å². The molecule has 6 heteroatoms. The van der Waals surface area contributed by atoms with Crippen LogP contribution in [0.3, 0.4) is 0 Å². The van der Waals surface area contributed by atoms with Gasteiger partial charge in [0.15, 0.2) is 6.29 Å². The molecule has 0 amide bonds. The molecule has 12 heavy (non-hydrogen) atoms. The summed E-state index contributed by atoms with van der Waals surface area (Å²) in [5, 5.41) is 36.0. The highest BCUT2D eigenvalue weighted by Gasteiger charge is 2.41. The topological polar surface area (TPSA) is 116 Å². The zero-order valence-electron chi connectivity index (χ0n) is 6.37. The fraction of sp³-hybridized carbons (Fsp3) is 1.00. The Morgan fingerprint density at radius 1 is 1.17 bits per heavy atom. The summed E-state index contributed by atoms with van der Waals surface area (Å²) in [6.07, 6.45) is -4.85. The minimum absolute atomic E-state index is 0.446. The largest absolute Gasteiger partial charge is 0.394 e. The highest BCUT2D eigenvalue weighted by Crippen LogP contribution is 2.17. The second kappa shape index (κ2) is 3.65. The van der Waals surface area contributed by atoms with Crippen LogP contribution < -0.4 is 5.73 Å². The first kappa shape index (κ1) is 9.85. The van der Waals surface area contributed by atoms with Gasteiger partial charge in [0.25, 0.3) is 0 Å². The predicted molar refractivity (Wildman–Crippen MR) is 38.0 cm³/mol. The molecule has 6 N–H and O–H groups in total. The van der Waals surface area contributed by atoms with Crippen molar-refractivity contribution >= 4 is 0 Å². The molecule has 1 heterocycles. The van der Waals surface area contributed by atoms with Crippen molar-refractivity contribution in [1.29, 1.82) is 0 Å².